The summed E-state index contributed by atoms with van der Waals surface area (Å²) in [6.45, 7) is 1.39. The van der Waals surface area contributed by atoms with Gasteiger partial charge < -0.3 is 19.5 Å². The fourth-order valence-corrected chi connectivity index (χ4v) is 2.82. The summed E-state index contributed by atoms with van der Waals surface area (Å²) in [7, 11) is 0. The van der Waals surface area contributed by atoms with E-state index in [1.807, 2.05) is 0 Å². The molecule has 1 aliphatic heterocycles. The number of carbonyl (C=O) groups is 2. The Balaban J connectivity index is 1.49. The van der Waals surface area contributed by atoms with Crippen LogP contribution >= 0.6 is 23.2 Å². The summed E-state index contributed by atoms with van der Waals surface area (Å²) in [5.74, 6) is -0.0842. The highest BCUT2D eigenvalue weighted by Crippen LogP contribution is 2.31. The molecule has 1 heterocycles. The highest BCUT2D eigenvalue weighted by molar-refractivity contribution is 6.42. The number of nitrogens with one attached hydrogen (secondary N) is 1. The molecule has 6 nitrogen and oxygen atoms in total. The number of hydrogen-bond donors (Lipinski definition) is 1. The maximum absolute atomic E-state index is 12.1. The number of rotatable bonds is 5. The number of benzene rings is 2. The highest BCUT2D eigenvalue weighted by Gasteiger charge is 2.29. The van der Waals surface area contributed by atoms with Crippen LogP contribution in [-0.2, 0) is 14.3 Å². The van der Waals surface area contributed by atoms with Crippen LogP contribution in [0.3, 0.4) is 0 Å². The van der Waals surface area contributed by atoms with Crippen LogP contribution in [0.25, 0.3) is 0 Å². The minimum atomic E-state index is -0.916. The van der Waals surface area contributed by atoms with Crippen molar-refractivity contribution in [2.45, 2.75) is 19.1 Å². The first kappa shape index (κ1) is 19.3. The Kier molecular flexibility index (Phi) is 6.08. The van der Waals surface area contributed by atoms with Gasteiger partial charge in [-0.05, 0) is 36.8 Å². The topological polar surface area (TPSA) is 73.9 Å². The Labute approximate surface area is 166 Å². The van der Waals surface area contributed by atoms with Crippen molar-refractivity contribution >= 4 is 35.1 Å². The molecule has 142 valence electrons. The molecule has 0 saturated heterocycles. The Bertz CT molecular complexity index is 858. The first-order valence-electron chi connectivity index (χ1n) is 8.23. The molecular formula is C19H17Cl2NO5. The summed E-state index contributed by atoms with van der Waals surface area (Å²) in [5, 5.41) is 3.56. The van der Waals surface area contributed by atoms with Gasteiger partial charge in [-0.3, -0.25) is 4.79 Å². The summed E-state index contributed by atoms with van der Waals surface area (Å²) in [6, 6.07) is 11.8. The van der Waals surface area contributed by atoms with E-state index in [-0.39, 0.29) is 12.6 Å². The van der Waals surface area contributed by atoms with E-state index >= 15 is 0 Å². The molecule has 1 N–H and O–H groups in total. The van der Waals surface area contributed by atoms with Crippen molar-refractivity contribution in [1.29, 1.82) is 0 Å². The number of hydrogen-bond acceptors (Lipinski definition) is 5. The van der Waals surface area contributed by atoms with Crippen LogP contribution in [0.1, 0.15) is 18.5 Å². The van der Waals surface area contributed by atoms with Crippen molar-refractivity contribution in [2.24, 2.45) is 0 Å². The van der Waals surface area contributed by atoms with Crippen molar-refractivity contribution < 1.29 is 23.8 Å². The van der Waals surface area contributed by atoms with Gasteiger partial charge in [-0.15, -0.1) is 0 Å². The van der Waals surface area contributed by atoms with Crippen LogP contribution in [0.4, 0.5) is 0 Å². The lowest BCUT2D eigenvalue weighted by molar-refractivity contribution is -0.157. The number of carbonyl (C=O) groups excluding carboxylic acids is 2. The molecule has 0 spiro atoms. The van der Waals surface area contributed by atoms with E-state index in [9.17, 15) is 9.59 Å². The van der Waals surface area contributed by atoms with Gasteiger partial charge in [-0.25, -0.2) is 4.79 Å². The average Bonchev–Trinajstić information content (AvgIpc) is 2.67. The van der Waals surface area contributed by atoms with Crippen LogP contribution in [0.2, 0.25) is 10.0 Å². The molecule has 0 radical (unpaired) electrons. The van der Waals surface area contributed by atoms with Crippen molar-refractivity contribution in [3.8, 4) is 11.5 Å². The fourth-order valence-electron chi connectivity index (χ4n) is 2.51. The molecule has 0 aliphatic carbocycles. The molecule has 1 aliphatic rings. The maximum atomic E-state index is 12.1. The Morgan fingerprint density at radius 3 is 2.67 bits per heavy atom. The van der Waals surface area contributed by atoms with Crippen LogP contribution in [0, 0.1) is 0 Å². The summed E-state index contributed by atoms with van der Waals surface area (Å²) >= 11 is 11.9. The number of ether oxygens (including phenoxy) is 3. The summed E-state index contributed by atoms with van der Waals surface area (Å²) in [6.07, 6.45) is -0.916. The highest BCUT2D eigenvalue weighted by atomic mass is 35.5. The van der Waals surface area contributed by atoms with Crippen molar-refractivity contribution in [3.63, 3.8) is 0 Å². The van der Waals surface area contributed by atoms with Gasteiger partial charge in [0.25, 0.3) is 5.91 Å². The second-order valence-electron chi connectivity index (χ2n) is 5.93. The third-order valence-electron chi connectivity index (χ3n) is 3.94. The standard InChI is InChI=1S/C19H17Cl2NO5/c1-11(12-6-7-13(20)14(21)8-12)22-18(23)10-26-19(24)17-9-25-15-4-2-3-5-16(15)27-17/h2-8,11,17H,9-10H2,1H3,(H,22,23)/t11-,17-/m0/s1. The Morgan fingerprint density at radius 1 is 1.19 bits per heavy atom. The third kappa shape index (κ3) is 4.84. The van der Waals surface area contributed by atoms with Crippen LogP contribution < -0.4 is 14.8 Å². The van der Waals surface area contributed by atoms with Crippen LogP contribution in [0.15, 0.2) is 42.5 Å². The van der Waals surface area contributed by atoms with Gasteiger partial charge in [0.15, 0.2) is 18.1 Å². The van der Waals surface area contributed by atoms with Crippen LogP contribution in [-0.4, -0.2) is 31.2 Å². The zero-order valence-electron chi connectivity index (χ0n) is 14.4. The molecule has 2 atom stereocenters. The van der Waals surface area contributed by atoms with Crippen molar-refractivity contribution in [2.75, 3.05) is 13.2 Å². The molecule has 8 heteroatoms. The molecule has 2 aromatic carbocycles. The largest absolute Gasteiger partial charge is 0.485 e. The number of para-hydroxylation sites is 2. The monoisotopic (exact) mass is 409 g/mol. The molecule has 3 rings (SSSR count). The van der Waals surface area contributed by atoms with Crippen molar-refractivity contribution in [3.05, 3.63) is 58.1 Å². The quantitative estimate of drug-likeness (QED) is 0.764. The molecule has 0 fully saturated rings. The van der Waals surface area contributed by atoms with E-state index in [0.717, 1.165) is 5.56 Å². The second kappa shape index (κ2) is 8.50. The van der Waals surface area contributed by atoms with Gasteiger partial charge in [0.05, 0.1) is 16.1 Å². The van der Waals surface area contributed by atoms with E-state index in [0.29, 0.717) is 21.5 Å². The smallest absolute Gasteiger partial charge is 0.351 e. The average molecular weight is 410 g/mol. The van der Waals surface area contributed by atoms with Gasteiger partial charge in [0.1, 0.15) is 6.61 Å². The summed E-state index contributed by atoms with van der Waals surface area (Å²) in [5.41, 5.74) is 0.782. The SMILES string of the molecule is C[C@H](NC(=O)COC(=O)[C@@H]1COc2ccccc2O1)c1ccc(Cl)c(Cl)c1. The predicted octanol–water partition coefficient (Wildman–Crippen LogP) is 3.55. The van der Waals surface area contributed by atoms with E-state index in [4.69, 9.17) is 37.4 Å². The van der Waals surface area contributed by atoms with Gasteiger partial charge >= 0.3 is 5.97 Å². The van der Waals surface area contributed by atoms with E-state index in [2.05, 4.69) is 5.32 Å². The fraction of sp³-hybridized carbons (Fsp3) is 0.263. The lowest BCUT2D eigenvalue weighted by Crippen LogP contribution is -2.40. The molecule has 0 bridgehead atoms. The summed E-state index contributed by atoms with van der Waals surface area (Å²) in [4.78, 5) is 24.2. The molecule has 2 aromatic rings. The van der Waals surface area contributed by atoms with E-state index in [1.165, 1.54) is 0 Å². The predicted molar refractivity (Wildman–Crippen MR) is 100 cm³/mol. The van der Waals surface area contributed by atoms with Crippen molar-refractivity contribution in [1.82, 2.24) is 5.32 Å². The maximum Gasteiger partial charge on any atom is 0.351 e. The number of esters is 1. The second-order valence-corrected chi connectivity index (χ2v) is 6.75. The van der Waals surface area contributed by atoms with Gasteiger partial charge in [0, 0.05) is 0 Å². The lowest BCUT2D eigenvalue weighted by atomic mass is 10.1. The minimum absolute atomic E-state index is 0.0249. The molecule has 27 heavy (non-hydrogen) atoms. The molecule has 0 saturated carbocycles. The van der Waals surface area contributed by atoms with Gasteiger partial charge in [0.2, 0.25) is 6.10 Å². The van der Waals surface area contributed by atoms with Gasteiger partial charge in [-0.2, -0.15) is 0 Å². The van der Waals surface area contributed by atoms with Crippen LogP contribution in [0.5, 0.6) is 11.5 Å². The third-order valence-corrected chi connectivity index (χ3v) is 4.68. The normalized spacial score (nSPS) is 16.3. The Morgan fingerprint density at radius 2 is 1.93 bits per heavy atom. The lowest BCUT2D eigenvalue weighted by Gasteiger charge is -2.25. The van der Waals surface area contributed by atoms with E-state index in [1.54, 1.807) is 49.4 Å². The van der Waals surface area contributed by atoms with E-state index < -0.39 is 24.6 Å². The molecule has 1 amide bonds. The zero-order chi connectivity index (χ0) is 19.4. The minimum Gasteiger partial charge on any atom is -0.485 e. The molecule has 0 aromatic heterocycles. The van der Waals surface area contributed by atoms with Gasteiger partial charge in [-0.1, -0.05) is 41.4 Å². The molecular weight excluding hydrogens is 393 g/mol. The number of halogens is 2. The summed E-state index contributed by atoms with van der Waals surface area (Å²) < 4.78 is 16.0. The first-order valence-corrected chi connectivity index (χ1v) is 8.99. The zero-order valence-corrected chi connectivity index (χ0v) is 15.9. The number of fused-ring (bicyclic) bond motifs is 1. The Hall–Kier alpha value is -2.44. The molecule has 0 unspecified atom stereocenters. The first-order chi connectivity index (χ1) is 12.9. The number of amides is 1.